The molecule has 10 heteroatoms. The summed E-state index contributed by atoms with van der Waals surface area (Å²) in [6.45, 7) is 5.31. The van der Waals surface area contributed by atoms with E-state index < -0.39 is 0 Å². The minimum absolute atomic E-state index is 0.0673. The summed E-state index contributed by atoms with van der Waals surface area (Å²) in [6, 6.07) is 9.12. The average molecular weight is 435 g/mol. The van der Waals surface area contributed by atoms with Gasteiger partial charge in [0.1, 0.15) is 11.4 Å². The van der Waals surface area contributed by atoms with E-state index in [0.717, 1.165) is 25.3 Å². The zero-order valence-corrected chi connectivity index (χ0v) is 18.0. The number of nitrogens with one attached hydrogen (secondary N) is 2. The maximum atomic E-state index is 12.8. The van der Waals surface area contributed by atoms with Crippen molar-refractivity contribution in [1.29, 1.82) is 0 Å². The summed E-state index contributed by atoms with van der Waals surface area (Å²) in [5.41, 5.74) is 2.48. The number of anilines is 2. The molecule has 0 bridgehead atoms. The van der Waals surface area contributed by atoms with Gasteiger partial charge < -0.3 is 25.0 Å². The highest BCUT2D eigenvalue weighted by Crippen LogP contribution is 2.34. The summed E-state index contributed by atoms with van der Waals surface area (Å²) in [7, 11) is 1.76. The lowest BCUT2D eigenvalue weighted by Gasteiger charge is -2.33. The highest BCUT2D eigenvalue weighted by molar-refractivity contribution is 5.93. The van der Waals surface area contributed by atoms with E-state index in [0.29, 0.717) is 34.5 Å². The fourth-order valence-corrected chi connectivity index (χ4v) is 3.76. The molecule has 2 aliphatic rings. The van der Waals surface area contributed by atoms with Crippen LogP contribution in [0.2, 0.25) is 0 Å². The Morgan fingerprint density at radius 1 is 1.16 bits per heavy atom. The van der Waals surface area contributed by atoms with Crippen LogP contribution >= 0.6 is 0 Å². The third-order valence-electron chi connectivity index (χ3n) is 5.52. The molecule has 4 heterocycles. The summed E-state index contributed by atoms with van der Waals surface area (Å²) in [5.74, 6) is 1.66. The Balaban J connectivity index is 1.29. The number of benzene rings is 1. The van der Waals surface area contributed by atoms with E-state index in [-0.39, 0.29) is 18.7 Å². The number of ether oxygens (including phenoxy) is 2. The molecular formula is C22H25N7O3. The Kier molecular flexibility index (Phi) is 5.36. The van der Waals surface area contributed by atoms with E-state index in [1.54, 1.807) is 30.1 Å². The number of likely N-dealkylation sites (tertiary alicyclic amines) is 1. The number of aryl methyl sites for hydroxylation is 1. The summed E-state index contributed by atoms with van der Waals surface area (Å²) >= 11 is 0. The molecule has 5 rings (SSSR count). The van der Waals surface area contributed by atoms with Crippen LogP contribution in [0.3, 0.4) is 0 Å². The van der Waals surface area contributed by atoms with E-state index in [1.807, 2.05) is 25.1 Å². The lowest BCUT2D eigenvalue weighted by atomic mass is 10.2. The Bertz CT molecular complexity index is 1140. The Hall–Kier alpha value is -3.66. The van der Waals surface area contributed by atoms with Crippen LogP contribution in [0.4, 0.5) is 11.6 Å². The number of hydrogen-bond donors (Lipinski definition) is 2. The van der Waals surface area contributed by atoms with Gasteiger partial charge >= 0.3 is 0 Å². The van der Waals surface area contributed by atoms with Crippen molar-refractivity contribution in [3.05, 3.63) is 42.2 Å². The van der Waals surface area contributed by atoms with Crippen LogP contribution in [-0.2, 0) is 7.05 Å². The molecular weight excluding hydrogens is 410 g/mol. The molecule has 1 saturated heterocycles. The van der Waals surface area contributed by atoms with Crippen LogP contribution in [-0.4, -0.2) is 63.0 Å². The second-order valence-electron chi connectivity index (χ2n) is 8.03. The first-order chi connectivity index (χ1) is 15.5. The largest absolute Gasteiger partial charge is 0.454 e. The van der Waals surface area contributed by atoms with Crippen LogP contribution in [0.5, 0.6) is 11.5 Å². The zero-order valence-electron chi connectivity index (χ0n) is 18.0. The van der Waals surface area contributed by atoms with Crippen molar-refractivity contribution in [3.63, 3.8) is 0 Å². The fourth-order valence-electron chi connectivity index (χ4n) is 3.76. The summed E-state index contributed by atoms with van der Waals surface area (Å²) in [5, 5.41) is 10.7. The van der Waals surface area contributed by atoms with Crippen LogP contribution in [0.1, 0.15) is 23.8 Å². The molecule has 2 aromatic heterocycles. The first-order valence-corrected chi connectivity index (χ1v) is 10.6. The SMILES string of the molecule is C[C@@H](CN1CCC1)NC(=O)c1cc(-c2ccnc(Nc3ccc4c(c3)OCO4)n2)nn1C. The molecule has 0 radical (unpaired) electrons. The van der Waals surface area contributed by atoms with Gasteiger partial charge in [0.05, 0.1) is 5.69 Å². The van der Waals surface area contributed by atoms with E-state index >= 15 is 0 Å². The number of nitrogens with zero attached hydrogens (tertiary/aromatic N) is 5. The smallest absolute Gasteiger partial charge is 0.269 e. The molecule has 0 unspecified atom stereocenters. The third kappa shape index (κ3) is 4.22. The van der Waals surface area contributed by atoms with E-state index in [2.05, 4.69) is 30.6 Å². The Morgan fingerprint density at radius 3 is 2.81 bits per heavy atom. The van der Waals surface area contributed by atoms with Gasteiger partial charge in [-0.25, -0.2) is 9.97 Å². The molecule has 0 saturated carbocycles. The highest BCUT2D eigenvalue weighted by atomic mass is 16.7. The second kappa shape index (κ2) is 8.46. The maximum Gasteiger partial charge on any atom is 0.269 e. The van der Waals surface area contributed by atoms with Crippen molar-refractivity contribution < 1.29 is 14.3 Å². The van der Waals surface area contributed by atoms with E-state index in [4.69, 9.17) is 9.47 Å². The number of amides is 1. The molecule has 1 fully saturated rings. The van der Waals surface area contributed by atoms with Crippen molar-refractivity contribution in [2.24, 2.45) is 7.05 Å². The molecule has 1 atom stereocenters. The maximum absolute atomic E-state index is 12.8. The van der Waals surface area contributed by atoms with Gasteiger partial charge in [-0.05, 0) is 50.7 Å². The standard InChI is InChI=1S/C22H25N7O3/c1-14(12-29-8-3-9-29)24-21(30)18-11-17(27-28(18)2)16-6-7-23-22(26-16)25-15-4-5-19-20(10-15)32-13-31-19/h4-7,10-11,14H,3,8-9,12-13H2,1-2H3,(H,24,30)(H,23,25,26)/t14-/m0/s1. The lowest BCUT2D eigenvalue weighted by molar-refractivity contribution is 0.0905. The molecule has 1 aromatic carbocycles. The van der Waals surface area contributed by atoms with Crippen molar-refractivity contribution >= 4 is 17.5 Å². The van der Waals surface area contributed by atoms with Crippen LogP contribution < -0.4 is 20.1 Å². The van der Waals surface area contributed by atoms with Crippen molar-refractivity contribution in [2.45, 2.75) is 19.4 Å². The first kappa shape index (κ1) is 20.3. The van der Waals surface area contributed by atoms with Gasteiger partial charge in [-0.1, -0.05) is 0 Å². The Labute approximate surface area is 185 Å². The normalized spacial score (nSPS) is 15.8. The number of carbonyl (C=O) groups is 1. The minimum atomic E-state index is -0.146. The molecule has 0 aliphatic carbocycles. The van der Waals surface area contributed by atoms with Crippen LogP contribution in [0.15, 0.2) is 36.5 Å². The number of hydrogen-bond acceptors (Lipinski definition) is 8. The van der Waals surface area contributed by atoms with Gasteiger partial charge in [0, 0.05) is 37.6 Å². The zero-order chi connectivity index (χ0) is 22.1. The van der Waals surface area contributed by atoms with Gasteiger partial charge in [0.25, 0.3) is 5.91 Å². The number of aromatic nitrogens is 4. The van der Waals surface area contributed by atoms with Gasteiger partial charge in [-0.15, -0.1) is 0 Å². The lowest BCUT2D eigenvalue weighted by Crippen LogP contribution is -2.47. The first-order valence-electron chi connectivity index (χ1n) is 10.6. The van der Waals surface area contributed by atoms with Gasteiger partial charge in [-0.2, -0.15) is 5.10 Å². The molecule has 10 nitrogen and oxygen atoms in total. The highest BCUT2D eigenvalue weighted by Gasteiger charge is 2.21. The summed E-state index contributed by atoms with van der Waals surface area (Å²) in [4.78, 5) is 23.9. The third-order valence-corrected chi connectivity index (χ3v) is 5.52. The number of fused-ring (bicyclic) bond motifs is 1. The van der Waals surface area contributed by atoms with Crippen molar-refractivity contribution in [3.8, 4) is 22.9 Å². The van der Waals surface area contributed by atoms with E-state index in [9.17, 15) is 4.79 Å². The minimum Gasteiger partial charge on any atom is -0.454 e. The monoisotopic (exact) mass is 435 g/mol. The topological polar surface area (TPSA) is 106 Å². The molecule has 166 valence electrons. The number of carbonyl (C=O) groups excluding carboxylic acids is 1. The number of rotatable bonds is 7. The van der Waals surface area contributed by atoms with Gasteiger partial charge in [0.15, 0.2) is 11.5 Å². The van der Waals surface area contributed by atoms with Crippen LogP contribution in [0.25, 0.3) is 11.4 Å². The molecule has 32 heavy (non-hydrogen) atoms. The van der Waals surface area contributed by atoms with Crippen LogP contribution in [0, 0.1) is 0 Å². The van der Waals surface area contributed by atoms with Crippen molar-refractivity contribution in [2.75, 3.05) is 31.7 Å². The summed E-state index contributed by atoms with van der Waals surface area (Å²) in [6.07, 6.45) is 2.89. The fraction of sp³-hybridized carbons (Fsp3) is 0.364. The van der Waals surface area contributed by atoms with Gasteiger partial charge in [-0.3, -0.25) is 9.48 Å². The molecule has 1 amide bonds. The molecule has 2 aliphatic heterocycles. The van der Waals surface area contributed by atoms with Crippen molar-refractivity contribution in [1.82, 2.24) is 30.0 Å². The molecule has 3 aromatic rings. The summed E-state index contributed by atoms with van der Waals surface area (Å²) < 4.78 is 12.3. The van der Waals surface area contributed by atoms with Gasteiger partial charge in [0.2, 0.25) is 12.7 Å². The predicted octanol–water partition coefficient (Wildman–Crippen LogP) is 2.17. The van der Waals surface area contributed by atoms with E-state index in [1.165, 1.54) is 6.42 Å². The quantitative estimate of drug-likeness (QED) is 0.582. The molecule has 2 N–H and O–H groups in total. The second-order valence-corrected chi connectivity index (χ2v) is 8.03. The predicted molar refractivity (Wildman–Crippen MR) is 118 cm³/mol. The Morgan fingerprint density at radius 2 is 2.00 bits per heavy atom. The average Bonchev–Trinajstić information content (AvgIpc) is 3.37. The molecule has 0 spiro atoms.